The summed E-state index contributed by atoms with van der Waals surface area (Å²) >= 11 is 0. The van der Waals surface area contributed by atoms with E-state index in [1.807, 2.05) is 13.8 Å². The number of aromatic nitrogens is 1. The molecule has 0 saturated heterocycles. The Morgan fingerprint density at radius 2 is 2.00 bits per heavy atom. The maximum absolute atomic E-state index is 5.83. The van der Waals surface area contributed by atoms with Crippen LogP contribution in [0.15, 0.2) is 18.3 Å². The van der Waals surface area contributed by atoms with E-state index in [0.717, 1.165) is 0 Å². The minimum atomic E-state index is -2.35. The standard InChI is InChI=1S/C10H17N2O2P/c1-4-13-15(3,14-5-2)10-9(11)7-6-8-12-10/h6-8H,3-5,11H2,1-2H3. The number of hydrogen-bond acceptors (Lipinski definition) is 4. The Balaban J connectivity index is 3.09. The van der Waals surface area contributed by atoms with Gasteiger partial charge in [-0.2, -0.15) is 0 Å². The van der Waals surface area contributed by atoms with Gasteiger partial charge in [0.25, 0.3) is 0 Å². The molecule has 0 aliphatic rings. The van der Waals surface area contributed by atoms with Crippen LogP contribution in [-0.4, -0.2) is 24.5 Å². The van der Waals surface area contributed by atoms with Gasteiger partial charge < -0.3 is 14.8 Å². The zero-order chi connectivity index (χ0) is 11.3. The fourth-order valence-electron chi connectivity index (χ4n) is 1.27. The zero-order valence-corrected chi connectivity index (χ0v) is 10.0. The van der Waals surface area contributed by atoms with Crippen LogP contribution in [0.1, 0.15) is 13.8 Å². The molecule has 0 aliphatic heterocycles. The molecule has 0 unspecified atom stereocenters. The molecule has 0 fully saturated rings. The molecular formula is C10H17N2O2P. The molecule has 0 radical (unpaired) electrons. The van der Waals surface area contributed by atoms with Crippen molar-refractivity contribution in [3.63, 3.8) is 0 Å². The lowest BCUT2D eigenvalue weighted by molar-refractivity contribution is 0.273. The maximum Gasteiger partial charge on any atom is 0.167 e. The molecular weight excluding hydrogens is 211 g/mol. The summed E-state index contributed by atoms with van der Waals surface area (Å²) in [5.41, 5.74) is 7.04. The normalized spacial score (nSPS) is 11.6. The summed E-state index contributed by atoms with van der Waals surface area (Å²) in [5.74, 6) is 0. The summed E-state index contributed by atoms with van der Waals surface area (Å²) < 4.78 is 11.1. The number of nitrogens with two attached hydrogens (primary N) is 1. The molecule has 15 heavy (non-hydrogen) atoms. The molecule has 0 amide bonds. The number of hydrogen-bond donors (Lipinski definition) is 1. The largest absolute Gasteiger partial charge is 0.397 e. The molecule has 0 spiro atoms. The monoisotopic (exact) mass is 228 g/mol. The highest BCUT2D eigenvalue weighted by molar-refractivity contribution is 7.72. The van der Waals surface area contributed by atoms with E-state index in [4.69, 9.17) is 14.8 Å². The van der Waals surface area contributed by atoms with Gasteiger partial charge in [-0.3, -0.25) is 0 Å². The van der Waals surface area contributed by atoms with E-state index in [-0.39, 0.29) is 0 Å². The van der Waals surface area contributed by atoms with Gasteiger partial charge in [-0.15, -0.1) is 0 Å². The third-order valence-corrected chi connectivity index (χ3v) is 4.18. The number of rotatable bonds is 5. The molecule has 84 valence electrons. The fraction of sp³-hybridized carbons (Fsp3) is 0.400. The maximum atomic E-state index is 5.83. The van der Waals surface area contributed by atoms with Crippen LogP contribution in [0.5, 0.6) is 0 Å². The van der Waals surface area contributed by atoms with Crippen molar-refractivity contribution >= 4 is 24.8 Å². The van der Waals surface area contributed by atoms with Crippen molar-refractivity contribution in [1.29, 1.82) is 0 Å². The Kier molecular flexibility index (Phi) is 4.33. The summed E-state index contributed by atoms with van der Waals surface area (Å²) in [6.07, 6.45) is 5.67. The van der Waals surface area contributed by atoms with Crippen LogP contribution in [0.3, 0.4) is 0 Å². The van der Waals surface area contributed by atoms with E-state index in [0.29, 0.717) is 24.3 Å². The van der Waals surface area contributed by atoms with E-state index in [9.17, 15) is 0 Å². The van der Waals surface area contributed by atoms with E-state index in [1.165, 1.54) is 0 Å². The van der Waals surface area contributed by atoms with Crippen molar-refractivity contribution in [1.82, 2.24) is 4.98 Å². The first-order valence-corrected chi connectivity index (χ1v) is 6.68. The van der Waals surface area contributed by atoms with E-state index < -0.39 is 7.34 Å². The first-order chi connectivity index (χ1) is 7.14. The Labute approximate surface area is 90.6 Å². The Bertz CT molecular complexity index is 358. The van der Waals surface area contributed by atoms with E-state index in [2.05, 4.69) is 11.3 Å². The molecule has 2 N–H and O–H groups in total. The molecule has 0 aliphatic carbocycles. The molecule has 0 atom stereocenters. The van der Waals surface area contributed by atoms with Gasteiger partial charge in [0.1, 0.15) is 5.44 Å². The molecule has 1 aromatic heterocycles. The highest BCUT2D eigenvalue weighted by Crippen LogP contribution is 2.46. The second-order valence-electron chi connectivity index (χ2n) is 2.93. The molecule has 0 bridgehead atoms. The minimum absolute atomic E-state index is 0.535. The Morgan fingerprint density at radius 3 is 2.47 bits per heavy atom. The molecule has 1 rings (SSSR count). The van der Waals surface area contributed by atoms with E-state index >= 15 is 0 Å². The van der Waals surface area contributed by atoms with Crippen LogP contribution in [0.4, 0.5) is 5.69 Å². The Morgan fingerprint density at radius 1 is 1.40 bits per heavy atom. The summed E-state index contributed by atoms with van der Waals surface area (Å²) in [5, 5.41) is 0. The molecule has 1 heterocycles. The van der Waals surface area contributed by atoms with Crippen molar-refractivity contribution in [2.45, 2.75) is 13.8 Å². The summed E-state index contributed by atoms with van der Waals surface area (Å²) in [6, 6.07) is 3.56. The van der Waals surface area contributed by atoms with Crippen LogP contribution in [0.25, 0.3) is 0 Å². The minimum Gasteiger partial charge on any atom is -0.397 e. The first-order valence-electron chi connectivity index (χ1n) is 4.87. The van der Waals surface area contributed by atoms with Crippen molar-refractivity contribution in [2.24, 2.45) is 0 Å². The molecule has 1 aromatic rings. The van der Waals surface area contributed by atoms with Gasteiger partial charge in [-0.1, -0.05) is 0 Å². The van der Waals surface area contributed by atoms with Gasteiger partial charge >= 0.3 is 0 Å². The predicted molar refractivity (Wildman–Crippen MR) is 65.6 cm³/mol. The zero-order valence-electron chi connectivity index (χ0n) is 9.14. The summed E-state index contributed by atoms with van der Waals surface area (Å²) in [4.78, 5) is 4.20. The fourth-order valence-corrected chi connectivity index (χ4v) is 3.13. The topological polar surface area (TPSA) is 57.4 Å². The second-order valence-corrected chi connectivity index (χ2v) is 5.21. The lowest BCUT2D eigenvalue weighted by Gasteiger charge is -2.23. The van der Waals surface area contributed by atoms with Crippen molar-refractivity contribution in [3.8, 4) is 0 Å². The van der Waals surface area contributed by atoms with Crippen LogP contribution in [0, 0.1) is 0 Å². The molecule has 5 heteroatoms. The van der Waals surface area contributed by atoms with E-state index in [1.54, 1.807) is 18.3 Å². The average molecular weight is 228 g/mol. The van der Waals surface area contributed by atoms with Crippen molar-refractivity contribution < 1.29 is 9.05 Å². The third-order valence-electron chi connectivity index (χ3n) is 1.81. The van der Waals surface area contributed by atoms with Gasteiger partial charge in [0, 0.05) is 6.20 Å². The molecule has 4 nitrogen and oxygen atoms in total. The molecule has 0 saturated carbocycles. The molecule has 0 aromatic carbocycles. The highest BCUT2D eigenvalue weighted by Gasteiger charge is 2.21. The van der Waals surface area contributed by atoms with Crippen LogP contribution >= 0.6 is 7.34 Å². The first kappa shape index (κ1) is 12.2. The smallest absolute Gasteiger partial charge is 0.167 e. The highest BCUT2D eigenvalue weighted by atomic mass is 31.2. The van der Waals surface area contributed by atoms with Gasteiger partial charge in [-0.05, 0) is 32.3 Å². The predicted octanol–water partition coefficient (Wildman–Crippen LogP) is 1.64. The lowest BCUT2D eigenvalue weighted by atomic mass is 10.4. The van der Waals surface area contributed by atoms with Crippen LogP contribution in [-0.2, 0) is 9.05 Å². The quantitative estimate of drug-likeness (QED) is 0.778. The summed E-state index contributed by atoms with van der Waals surface area (Å²) in [7, 11) is -2.35. The number of nitrogen functional groups attached to an aromatic ring is 1. The number of pyridine rings is 1. The summed E-state index contributed by atoms with van der Waals surface area (Å²) in [6.45, 7) is 4.87. The SMILES string of the molecule is C=P(OCC)(OCC)c1ncccc1N. The average Bonchev–Trinajstić information content (AvgIpc) is 2.19. The van der Waals surface area contributed by atoms with Gasteiger partial charge in [0.2, 0.25) is 0 Å². The van der Waals surface area contributed by atoms with Crippen LogP contribution < -0.4 is 11.2 Å². The lowest BCUT2D eigenvalue weighted by Crippen LogP contribution is -2.18. The van der Waals surface area contributed by atoms with Gasteiger partial charge in [0.05, 0.1) is 18.9 Å². The number of nitrogens with zero attached hydrogens (tertiary/aromatic N) is 1. The second kappa shape index (κ2) is 5.31. The van der Waals surface area contributed by atoms with Crippen molar-refractivity contribution in [2.75, 3.05) is 18.9 Å². The third kappa shape index (κ3) is 2.81. The van der Waals surface area contributed by atoms with Crippen LogP contribution in [0.2, 0.25) is 0 Å². The number of anilines is 1. The van der Waals surface area contributed by atoms with Crippen molar-refractivity contribution in [3.05, 3.63) is 18.3 Å². The van der Waals surface area contributed by atoms with Gasteiger partial charge in [-0.25, -0.2) is 4.98 Å². The Hall–Kier alpha value is -0.830. The van der Waals surface area contributed by atoms with Gasteiger partial charge in [0.15, 0.2) is 7.34 Å².